The molecule has 1 aromatic carbocycles. The zero-order chi connectivity index (χ0) is 19.5. The molecule has 148 valence electrons. The van der Waals surface area contributed by atoms with Crippen molar-refractivity contribution in [1.29, 1.82) is 0 Å². The largest absolute Gasteiger partial charge is 0.373 e. The van der Waals surface area contributed by atoms with Crippen LogP contribution in [0.2, 0.25) is 0 Å². The summed E-state index contributed by atoms with van der Waals surface area (Å²) in [5.41, 5.74) is 4.25. The van der Waals surface area contributed by atoms with Gasteiger partial charge < -0.3 is 4.90 Å². The second-order valence-electron chi connectivity index (χ2n) is 7.95. The van der Waals surface area contributed by atoms with E-state index in [0.717, 1.165) is 31.8 Å². The molecule has 0 atom stereocenters. The van der Waals surface area contributed by atoms with Crippen LogP contribution in [0, 0.1) is 5.92 Å². The van der Waals surface area contributed by atoms with Gasteiger partial charge in [0, 0.05) is 37.9 Å². The second kappa shape index (κ2) is 12.2. The highest BCUT2D eigenvalue weighted by Gasteiger charge is 2.19. The molecule has 0 N–H and O–H groups in total. The third-order valence-corrected chi connectivity index (χ3v) is 5.09. The number of allylic oxidation sites excluding steroid dienone is 1. The monoisotopic (exact) mass is 358 g/mol. The summed E-state index contributed by atoms with van der Waals surface area (Å²) in [5.74, 6) is 0.732. The summed E-state index contributed by atoms with van der Waals surface area (Å²) in [5, 5.41) is 0. The van der Waals surface area contributed by atoms with Crippen molar-refractivity contribution in [2.75, 3.05) is 26.2 Å². The highest BCUT2D eigenvalue weighted by atomic mass is 15.3. The molecule has 1 fully saturated rings. The number of piperazine rings is 1. The van der Waals surface area contributed by atoms with Crippen molar-refractivity contribution in [3.63, 3.8) is 0 Å². The van der Waals surface area contributed by atoms with Crippen molar-refractivity contribution in [2.24, 2.45) is 5.92 Å². The highest BCUT2D eigenvalue weighted by molar-refractivity contribution is 5.23. The van der Waals surface area contributed by atoms with Crippen molar-refractivity contribution in [2.45, 2.75) is 73.3 Å². The summed E-state index contributed by atoms with van der Waals surface area (Å²) >= 11 is 0. The molecule has 0 aromatic heterocycles. The van der Waals surface area contributed by atoms with E-state index in [-0.39, 0.29) is 0 Å². The zero-order valence-corrected chi connectivity index (χ0v) is 18.2. The number of nitrogens with zero attached hydrogens (tertiary/aromatic N) is 2. The minimum Gasteiger partial charge on any atom is -0.373 e. The van der Waals surface area contributed by atoms with Crippen LogP contribution in [0.4, 0.5) is 0 Å². The lowest BCUT2D eigenvalue weighted by Crippen LogP contribution is -2.48. The maximum Gasteiger partial charge on any atom is 0.0303 e. The molecule has 26 heavy (non-hydrogen) atoms. The van der Waals surface area contributed by atoms with Crippen LogP contribution in [-0.4, -0.2) is 42.0 Å². The molecule has 1 aliphatic heterocycles. The molecule has 2 heteroatoms. The van der Waals surface area contributed by atoms with Crippen molar-refractivity contribution in [3.8, 4) is 0 Å². The Balaban J connectivity index is 0.00000163. The highest BCUT2D eigenvalue weighted by Crippen LogP contribution is 2.17. The van der Waals surface area contributed by atoms with E-state index in [9.17, 15) is 0 Å². The van der Waals surface area contributed by atoms with Gasteiger partial charge in [-0.2, -0.15) is 0 Å². The first-order valence-electron chi connectivity index (χ1n) is 10.7. The summed E-state index contributed by atoms with van der Waals surface area (Å²) in [6.45, 7) is 22.1. The fraction of sp³-hybridized carbons (Fsp3) is 0.667. The quantitative estimate of drug-likeness (QED) is 0.582. The number of rotatable bonds is 8. The van der Waals surface area contributed by atoms with E-state index in [2.05, 4.69) is 68.3 Å². The van der Waals surface area contributed by atoms with E-state index >= 15 is 0 Å². The first kappa shape index (κ1) is 22.8. The molecule has 2 rings (SSSR count). The van der Waals surface area contributed by atoms with Crippen LogP contribution in [0.5, 0.6) is 0 Å². The van der Waals surface area contributed by atoms with Gasteiger partial charge in [-0.05, 0) is 56.6 Å². The van der Waals surface area contributed by atoms with Crippen molar-refractivity contribution >= 4 is 0 Å². The summed E-state index contributed by atoms with van der Waals surface area (Å²) in [7, 11) is 0. The van der Waals surface area contributed by atoms with Crippen LogP contribution in [0.1, 0.15) is 65.5 Å². The fourth-order valence-electron chi connectivity index (χ4n) is 3.52. The predicted molar refractivity (Wildman–Crippen MR) is 117 cm³/mol. The molecule has 0 radical (unpaired) electrons. The molecule has 0 bridgehead atoms. The van der Waals surface area contributed by atoms with Gasteiger partial charge in [0.15, 0.2) is 0 Å². The summed E-state index contributed by atoms with van der Waals surface area (Å²) in [4.78, 5) is 5.05. The van der Waals surface area contributed by atoms with E-state index in [1.54, 1.807) is 0 Å². The maximum absolute atomic E-state index is 4.33. The van der Waals surface area contributed by atoms with E-state index in [4.69, 9.17) is 0 Å². The number of benzene rings is 1. The number of hydrogen-bond donors (Lipinski definition) is 0. The first-order chi connectivity index (χ1) is 12.5. The van der Waals surface area contributed by atoms with E-state index in [1.165, 1.54) is 42.8 Å². The van der Waals surface area contributed by atoms with Crippen molar-refractivity contribution in [1.82, 2.24) is 9.80 Å². The Labute approximate surface area is 163 Å². The third kappa shape index (κ3) is 7.95. The number of aryl methyl sites for hydroxylation is 1. The Hall–Kier alpha value is -1.28. The second-order valence-corrected chi connectivity index (χ2v) is 7.95. The van der Waals surface area contributed by atoms with Gasteiger partial charge in [-0.25, -0.2) is 0 Å². The summed E-state index contributed by atoms with van der Waals surface area (Å²) in [6.07, 6.45) is 4.66. The lowest BCUT2D eigenvalue weighted by Gasteiger charge is -2.39. The van der Waals surface area contributed by atoms with Crippen LogP contribution in [0.3, 0.4) is 0 Å². The van der Waals surface area contributed by atoms with Gasteiger partial charge in [0.2, 0.25) is 0 Å². The molecule has 1 heterocycles. The average molecular weight is 359 g/mol. The Morgan fingerprint density at radius 2 is 1.46 bits per heavy atom. The lowest BCUT2D eigenvalue weighted by atomic mass is 10.00. The van der Waals surface area contributed by atoms with Gasteiger partial charge >= 0.3 is 0 Å². The Morgan fingerprint density at radius 1 is 0.923 bits per heavy atom. The van der Waals surface area contributed by atoms with Crippen LogP contribution in [0.15, 0.2) is 36.5 Å². The van der Waals surface area contributed by atoms with Crippen LogP contribution in [0.25, 0.3) is 0 Å². The fourth-order valence-corrected chi connectivity index (χ4v) is 3.52. The predicted octanol–water partition coefficient (Wildman–Crippen LogP) is 5.77. The average Bonchev–Trinajstić information content (AvgIpc) is 2.64. The Bertz CT molecular complexity index is 493. The molecule has 0 spiro atoms. The minimum absolute atomic E-state index is 0.666. The minimum atomic E-state index is 0.666. The van der Waals surface area contributed by atoms with E-state index in [0.29, 0.717) is 6.04 Å². The molecule has 0 unspecified atom stereocenters. The molecule has 1 aromatic rings. The molecule has 1 aliphatic rings. The summed E-state index contributed by atoms with van der Waals surface area (Å²) < 4.78 is 0. The van der Waals surface area contributed by atoms with Crippen LogP contribution in [-0.2, 0) is 12.8 Å². The SMILES string of the molecule is C=C(CCCc1ccc(CC(C)C)cc1)N1CCN(C(C)C)CC1.CC. The van der Waals surface area contributed by atoms with Gasteiger partial charge in [-0.15, -0.1) is 0 Å². The van der Waals surface area contributed by atoms with Crippen LogP contribution >= 0.6 is 0 Å². The molecule has 2 nitrogen and oxygen atoms in total. The molecule has 0 amide bonds. The van der Waals surface area contributed by atoms with Crippen LogP contribution < -0.4 is 0 Å². The van der Waals surface area contributed by atoms with E-state index in [1.807, 2.05) is 13.8 Å². The third-order valence-electron chi connectivity index (χ3n) is 5.09. The Kier molecular flexibility index (Phi) is 10.7. The maximum atomic E-state index is 4.33. The van der Waals surface area contributed by atoms with Gasteiger partial charge in [0.25, 0.3) is 0 Å². The smallest absolute Gasteiger partial charge is 0.0303 e. The molecular formula is C24H42N2. The first-order valence-corrected chi connectivity index (χ1v) is 10.7. The van der Waals surface area contributed by atoms with Crippen molar-refractivity contribution < 1.29 is 0 Å². The van der Waals surface area contributed by atoms with E-state index < -0.39 is 0 Å². The van der Waals surface area contributed by atoms with Gasteiger partial charge in [-0.3, -0.25) is 4.90 Å². The van der Waals surface area contributed by atoms with Gasteiger partial charge in [0.05, 0.1) is 0 Å². The number of hydrogen-bond acceptors (Lipinski definition) is 2. The molecule has 0 saturated carbocycles. The molecular weight excluding hydrogens is 316 g/mol. The van der Waals surface area contributed by atoms with Crippen molar-refractivity contribution in [3.05, 3.63) is 47.7 Å². The molecule has 1 saturated heterocycles. The van der Waals surface area contributed by atoms with Gasteiger partial charge in [-0.1, -0.05) is 58.5 Å². The lowest BCUT2D eigenvalue weighted by molar-refractivity contribution is 0.128. The summed E-state index contributed by atoms with van der Waals surface area (Å²) in [6, 6.07) is 9.88. The molecule has 0 aliphatic carbocycles. The van der Waals surface area contributed by atoms with Gasteiger partial charge in [0.1, 0.15) is 0 Å². The topological polar surface area (TPSA) is 6.48 Å². The zero-order valence-electron chi connectivity index (χ0n) is 18.2. The Morgan fingerprint density at radius 3 is 1.96 bits per heavy atom. The standard InChI is InChI=1S/C22H36N2.C2H6/c1-18(2)17-22-11-9-21(10-12-22)8-6-7-20(5)24-15-13-23(14-16-24)19(3)4;1-2/h9-12,18-19H,5-8,13-17H2,1-4H3;1-2H3. The normalized spacial score (nSPS) is 15.2.